The van der Waals surface area contributed by atoms with Crippen molar-refractivity contribution < 1.29 is 19.4 Å². The number of amides is 1. The Bertz CT molecular complexity index is 503. The maximum absolute atomic E-state index is 12.2. The van der Waals surface area contributed by atoms with Crippen molar-refractivity contribution >= 4 is 27.8 Å². The second kappa shape index (κ2) is 6.16. The fraction of sp³-hybridized carbons (Fsp3) is 0.385. The average Bonchev–Trinajstić information content (AvgIpc) is 2.32. The number of carbonyl (C=O) groups excluding carboxylic acids is 1. The normalized spacial score (nSPS) is 13.7. The minimum Gasteiger partial charge on any atom is -0.479 e. The molecule has 2 N–H and O–H groups in total. The molecular weight excluding hydrogens is 314 g/mol. The lowest BCUT2D eigenvalue weighted by Gasteiger charge is -2.25. The Kier molecular flexibility index (Phi) is 5.08. The maximum Gasteiger partial charge on any atom is 0.331 e. The van der Waals surface area contributed by atoms with Gasteiger partial charge in [-0.15, -0.1) is 0 Å². The van der Waals surface area contributed by atoms with Gasteiger partial charge in [0.25, 0.3) is 5.91 Å². The van der Waals surface area contributed by atoms with Crippen molar-refractivity contribution in [2.24, 2.45) is 0 Å². The van der Waals surface area contributed by atoms with Gasteiger partial charge in [0, 0.05) is 11.6 Å². The molecule has 19 heavy (non-hydrogen) atoms. The predicted octanol–water partition coefficient (Wildman–Crippen LogP) is 1.98. The molecule has 0 saturated heterocycles. The number of carboxylic acid groups (broad SMARTS) is 1. The third-order valence-electron chi connectivity index (χ3n) is 2.73. The van der Waals surface area contributed by atoms with E-state index in [4.69, 9.17) is 4.74 Å². The van der Waals surface area contributed by atoms with Gasteiger partial charge >= 0.3 is 5.97 Å². The highest BCUT2D eigenvalue weighted by molar-refractivity contribution is 9.10. The van der Waals surface area contributed by atoms with Gasteiger partial charge in [-0.25, -0.2) is 4.79 Å². The third-order valence-corrected chi connectivity index (χ3v) is 3.78. The van der Waals surface area contributed by atoms with Gasteiger partial charge in [-0.1, -0.05) is 12.1 Å². The minimum absolute atomic E-state index is 0.114. The molecule has 0 fully saturated rings. The molecule has 1 rings (SSSR count). The molecule has 0 aliphatic rings. The summed E-state index contributed by atoms with van der Waals surface area (Å²) in [7, 11) is 1.38. The molecule has 0 aliphatic heterocycles. The summed E-state index contributed by atoms with van der Waals surface area (Å²) in [4.78, 5) is 23.4. The van der Waals surface area contributed by atoms with Gasteiger partial charge in [0.2, 0.25) is 0 Å². The number of ether oxygens (including phenoxy) is 1. The smallest absolute Gasteiger partial charge is 0.331 e. The first kappa shape index (κ1) is 15.7. The quantitative estimate of drug-likeness (QED) is 0.866. The average molecular weight is 330 g/mol. The Morgan fingerprint density at radius 3 is 2.63 bits per heavy atom. The van der Waals surface area contributed by atoms with E-state index >= 15 is 0 Å². The van der Waals surface area contributed by atoms with Crippen molar-refractivity contribution in [3.05, 3.63) is 33.8 Å². The molecule has 1 unspecified atom stereocenters. The summed E-state index contributed by atoms with van der Waals surface area (Å²) in [6, 6.07) is 5.22. The van der Waals surface area contributed by atoms with Crippen LogP contribution in [0.1, 0.15) is 22.8 Å². The molecule has 0 aliphatic carbocycles. The molecule has 0 saturated carbocycles. The van der Waals surface area contributed by atoms with Crippen LogP contribution in [0.15, 0.2) is 22.7 Å². The zero-order valence-electron chi connectivity index (χ0n) is 11.0. The number of carboxylic acids is 1. The second-order valence-electron chi connectivity index (χ2n) is 4.46. The van der Waals surface area contributed by atoms with Crippen LogP contribution in [0.2, 0.25) is 0 Å². The van der Waals surface area contributed by atoms with Crippen LogP contribution >= 0.6 is 15.9 Å². The lowest BCUT2D eigenvalue weighted by molar-refractivity contribution is -0.145. The number of rotatable bonds is 5. The van der Waals surface area contributed by atoms with Crippen LogP contribution in [0.25, 0.3) is 0 Å². The number of hydrogen-bond donors (Lipinski definition) is 2. The van der Waals surface area contributed by atoms with E-state index in [2.05, 4.69) is 21.2 Å². The van der Waals surface area contributed by atoms with Crippen LogP contribution in [0.5, 0.6) is 0 Å². The van der Waals surface area contributed by atoms with Gasteiger partial charge in [-0.05, 0) is 41.4 Å². The van der Waals surface area contributed by atoms with Crippen molar-refractivity contribution in [2.45, 2.75) is 19.4 Å². The van der Waals surface area contributed by atoms with E-state index in [0.29, 0.717) is 10.0 Å². The van der Waals surface area contributed by atoms with Crippen molar-refractivity contribution in [3.63, 3.8) is 0 Å². The summed E-state index contributed by atoms with van der Waals surface area (Å²) in [5.74, 6) is -1.61. The topological polar surface area (TPSA) is 75.6 Å². The molecule has 0 bridgehead atoms. The van der Waals surface area contributed by atoms with Crippen molar-refractivity contribution in [1.82, 2.24) is 5.32 Å². The van der Waals surface area contributed by atoms with E-state index in [9.17, 15) is 14.7 Å². The number of halogens is 1. The van der Waals surface area contributed by atoms with E-state index in [1.165, 1.54) is 14.0 Å². The molecule has 6 heteroatoms. The SMILES string of the molecule is COCC(C)(NC(=O)c1cccc(C)c1Br)C(=O)O. The molecule has 0 heterocycles. The Labute approximate surface area is 120 Å². The fourth-order valence-electron chi connectivity index (χ4n) is 1.58. The Hall–Kier alpha value is -1.40. The Balaban J connectivity index is 3.01. The van der Waals surface area contributed by atoms with Gasteiger partial charge in [0.1, 0.15) is 0 Å². The van der Waals surface area contributed by atoms with E-state index in [-0.39, 0.29) is 6.61 Å². The first-order chi connectivity index (χ1) is 8.81. The minimum atomic E-state index is -1.46. The first-order valence-electron chi connectivity index (χ1n) is 5.62. The molecule has 1 aromatic carbocycles. The molecule has 104 valence electrons. The standard InChI is InChI=1S/C13H16BrNO4/c1-8-5-4-6-9(10(8)14)11(16)15-13(2,7-19-3)12(17)18/h4-6H,7H2,1-3H3,(H,15,16)(H,17,18). The van der Waals surface area contributed by atoms with E-state index in [0.717, 1.165) is 5.56 Å². The van der Waals surface area contributed by atoms with Gasteiger partial charge in [-0.3, -0.25) is 4.79 Å². The molecule has 0 spiro atoms. The largest absolute Gasteiger partial charge is 0.479 e. The highest BCUT2D eigenvalue weighted by atomic mass is 79.9. The van der Waals surface area contributed by atoms with Crippen LogP contribution in [0.3, 0.4) is 0 Å². The molecule has 0 aromatic heterocycles. The number of aryl methyl sites for hydroxylation is 1. The molecule has 0 radical (unpaired) electrons. The van der Waals surface area contributed by atoms with Crippen molar-refractivity contribution in [2.75, 3.05) is 13.7 Å². The number of methoxy groups -OCH3 is 1. The number of nitrogens with one attached hydrogen (secondary N) is 1. The molecule has 1 atom stereocenters. The van der Waals surface area contributed by atoms with E-state index in [1.54, 1.807) is 12.1 Å². The lowest BCUT2D eigenvalue weighted by atomic mass is 10.0. The molecular formula is C13H16BrNO4. The summed E-state index contributed by atoms with van der Waals surface area (Å²) in [5, 5.41) is 11.7. The highest BCUT2D eigenvalue weighted by Gasteiger charge is 2.35. The summed E-state index contributed by atoms with van der Waals surface area (Å²) in [5.41, 5.74) is -0.172. The lowest BCUT2D eigenvalue weighted by Crippen LogP contribution is -2.55. The van der Waals surface area contributed by atoms with Crippen LogP contribution < -0.4 is 5.32 Å². The van der Waals surface area contributed by atoms with Gasteiger partial charge in [0.15, 0.2) is 5.54 Å². The summed E-state index contributed by atoms with van der Waals surface area (Å²) in [6.07, 6.45) is 0. The van der Waals surface area contributed by atoms with Crippen LogP contribution in [-0.2, 0) is 9.53 Å². The molecule has 1 amide bonds. The van der Waals surface area contributed by atoms with Gasteiger partial charge in [0.05, 0.1) is 12.2 Å². The van der Waals surface area contributed by atoms with Crippen molar-refractivity contribution in [1.29, 1.82) is 0 Å². The predicted molar refractivity (Wildman–Crippen MR) is 74.3 cm³/mol. The Morgan fingerprint density at radius 1 is 1.47 bits per heavy atom. The van der Waals surface area contributed by atoms with Crippen LogP contribution in [0.4, 0.5) is 0 Å². The van der Waals surface area contributed by atoms with Crippen LogP contribution in [0, 0.1) is 6.92 Å². The van der Waals surface area contributed by atoms with E-state index in [1.807, 2.05) is 13.0 Å². The number of aliphatic carboxylic acids is 1. The zero-order valence-corrected chi connectivity index (χ0v) is 12.6. The van der Waals surface area contributed by atoms with Gasteiger partial charge in [-0.2, -0.15) is 0 Å². The van der Waals surface area contributed by atoms with Crippen molar-refractivity contribution in [3.8, 4) is 0 Å². The van der Waals surface area contributed by atoms with E-state index < -0.39 is 17.4 Å². The summed E-state index contributed by atoms with van der Waals surface area (Å²) >= 11 is 3.32. The van der Waals surface area contributed by atoms with Crippen LogP contribution in [-0.4, -0.2) is 36.2 Å². The summed E-state index contributed by atoms with van der Waals surface area (Å²) in [6.45, 7) is 3.14. The highest BCUT2D eigenvalue weighted by Crippen LogP contribution is 2.21. The maximum atomic E-state index is 12.2. The van der Waals surface area contributed by atoms with Gasteiger partial charge < -0.3 is 15.2 Å². The fourth-order valence-corrected chi connectivity index (χ4v) is 2.03. The molecule has 1 aromatic rings. The second-order valence-corrected chi connectivity index (χ2v) is 5.25. The number of hydrogen-bond acceptors (Lipinski definition) is 3. The summed E-state index contributed by atoms with van der Waals surface area (Å²) < 4.78 is 5.50. The Morgan fingerprint density at radius 2 is 2.11 bits per heavy atom. The number of benzene rings is 1. The number of carbonyl (C=O) groups is 2. The first-order valence-corrected chi connectivity index (χ1v) is 6.41. The molecule has 5 nitrogen and oxygen atoms in total. The monoisotopic (exact) mass is 329 g/mol. The third kappa shape index (κ3) is 3.54. The zero-order chi connectivity index (χ0) is 14.6.